The Balaban J connectivity index is 2.53. The molecule has 0 aromatic carbocycles. The molecule has 0 aromatic heterocycles. The quantitative estimate of drug-likeness (QED) is 0.569. The highest BCUT2D eigenvalue weighted by atomic mass is 16.5. The Kier molecular flexibility index (Phi) is 6.66. The van der Waals surface area contributed by atoms with E-state index < -0.39 is 0 Å². The Bertz CT molecular complexity index is 388. The van der Waals surface area contributed by atoms with Gasteiger partial charge in [-0.15, -0.1) is 0 Å². The SMILES string of the molecule is CCOC(C)(C)/C=C/C=C(\C)C1CCC(C)(NC=O)CC1. The summed E-state index contributed by atoms with van der Waals surface area (Å²) in [7, 11) is 0. The molecule has 1 fully saturated rings. The van der Waals surface area contributed by atoms with Crippen molar-refractivity contribution in [2.45, 2.75) is 71.4 Å². The average Bonchev–Trinajstić information content (AvgIpc) is 2.39. The summed E-state index contributed by atoms with van der Waals surface area (Å²) in [5.74, 6) is 0.631. The molecule has 0 saturated heterocycles. The summed E-state index contributed by atoms with van der Waals surface area (Å²) in [5, 5.41) is 2.97. The van der Waals surface area contributed by atoms with Gasteiger partial charge < -0.3 is 10.1 Å². The van der Waals surface area contributed by atoms with E-state index in [1.54, 1.807) is 0 Å². The standard InChI is InChI=1S/C18H31NO2/c1-6-21-17(3,4)11-7-8-15(2)16-9-12-18(5,13-10-16)19-14-20/h7-8,11,14,16H,6,9-10,12-13H2,1-5H3,(H,19,20)/b11-7+,15-8+. The normalized spacial score (nSPS) is 27.9. The predicted octanol–water partition coefficient (Wildman–Crippen LogP) is 4.00. The zero-order chi connectivity index (χ0) is 15.9. The van der Waals surface area contributed by atoms with Gasteiger partial charge in [-0.1, -0.05) is 23.8 Å². The fourth-order valence-electron chi connectivity index (χ4n) is 2.98. The third-order valence-electron chi connectivity index (χ3n) is 4.51. The first-order chi connectivity index (χ1) is 9.82. The van der Waals surface area contributed by atoms with Crippen LogP contribution < -0.4 is 5.32 Å². The second-order valence-electron chi connectivity index (χ2n) is 6.90. The fraction of sp³-hybridized carbons (Fsp3) is 0.722. The highest BCUT2D eigenvalue weighted by molar-refractivity contribution is 5.47. The Morgan fingerprint density at radius 3 is 2.52 bits per heavy atom. The average molecular weight is 293 g/mol. The van der Waals surface area contributed by atoms with Crippen LogP contribution in [0.2, 0.25) is 0 Å². The van der Waals surface area contributed by atoms with E-state index in [1.807, 2.05) is 6.92 Å². The van der Waals surface area contributed by atoms with Gasteiger partial charge in [-0.3, -0.25) is 4.79 Å². The van der Waals surface area contributed by atoms with E-state index in [0.717, 1.165) is 38.7 Å². The first kappa shape index (κ1) is 18.0. The van der Waals surface area contributed by atoms with Gasteiger partial charge in [-0.05, 0) is 66.2 Å². The zero-order valence-electron chi connectivity index (χ0n) is 14.2. The Morgan fingerprint density at radius 2 is 2.00 bits per heavy atom. The molecule has 120 valence electrons. The molecule has 1 saturated carbocycles. The molecular formula is C18H31NO2. The molecule has 0 atom stereocenters. The monoisotopic (exact) mass is 293 g/mol. The van der Waals surface area contributed by atoms with Crippen molar-refractivity contribution in [1.82, 2.24) is 5.32 Å². The van der Waals surface area contributed by atoms with Crippen molar-refractivity contribution < 1.29 is 9.53 Å². The maximum absolute atomic E-state index is 10.6. The Labute approximate surface area is 129 Å². The van der Waals surface area contributed by atoms with E-state index in [2.05, 4.69) is 51.2 Å². The topological polar surface area (TPSA) is 38.3 Å². The van der Waals surface area contributed by atoms with Crippen molar-refractivity contribution in [2.24, 2.45) is 5.92 Å². The van der Waals surface area contributed by atoms with Gasteiger partial charge in [0.2, 0.25) is 6.41 Å². The van der Waals surface area contributed by atoms with Crippen molar-refractivity contribution >= 4 is 6.41 Å². The van der Waals surface area contributed by atoms with Gasteiger partial charge in [0.1, 0.15) is 0 Å². The molecule has 0 bridgehead atoms. The van der Waals surface area contributed by atoms with Crippen LogP contribution in [0.1, 0.15) is 60.3 Å². The molecule has 0 aromatic rings. The number of allylic oxidation sites excluding steroid dienone is 3. The van der Waals surface area contributed by atoms with Crippen molar-refractivity contribution in [2.75, 3.05) is 6.61 Å². The van der Waals surface area contributed by atoms with Gasteiger partial charge in [0, 0.05) is 12.1 Å². The van der Waals surface area contributed by atoms with Crippen LogP contribution in [-0.4, -0.2) is 24.2 Å². The molecule has 1 N–H and O–H groups in total. The minimum Gasteiger partial charge on any atom is -0.372 e. The van der Waals surface area contributed by atoms with Crippen LogP contribution in [0.3, 0.4) is 0 Å². The number of hydrogen-bond acceptors (Lipinski definition) is 2. The van der Waals surface area contributed by atoms with Gasteiger partial charge >= 0.3 is 0 Å². The molecule has 1 rings (SSSR count). The third kappa shape index (κ3) is 6.04. The van der Waals surface area contributed by atoms with E-state index in [-0.39, 0.29) is 11.1 Å². The number of rotatable bonds is 7. The summed E-state index contributed by atoms with van der Waals surface area (Å²) in [4.78, 5) is 10.6. The molecule has 1 aliphatic carbocycles. The minimum absolute atomic E-state index is 0.00860. The lowest BCUT2D eigenvalue weighted by Crippen LogP contribution is -2.44. The van der Waals surface area contributed by atoms with E-state index in [9.17, 15) is 4.79 Å². The first-order valence-corrected chi connectivity index (χ1v) is 8.03. The molecule has 21 heavy (non-hydrogen) atoms. The molecular weight excluding hydrogens is 262 g/mol. The van der Waals surface area contributed by atoms with E-state index in [4.69, 9.17) is 4.74 Å². The lowest BCUT2D eigenvalue weighted by molar-refractivity contribution is -0.111. The predicted molar refractivity (Wildman–Crippen MR) is 88.2 cm³/mol. The minimum atomic E-state index is -0.204. The number of ether oxygens (including phenoxy) is 1. The second kappa shape index (κ2) is 7.79. The van der Waals surface area contributed by atoms with E-state index >= 15 is 0 Å². The van der Waals surface area contributed by atoms with E-state index in [1.165, 1.54) is 5.57 Å². The first-order valence-electron chi connectivity index (χ1n) is 8.03. The molecule has 1 aliphatic rings. The Hall–Kier alpha value is -1.09. The van der Waals surface area contributed by atoms with Crippen molar-refractivity contribution in [3.05, 3.63) is 23.8 Å². The van der Waals surface area contributed by atoms with Gasteiger partial charge in [-0.25, -0.2) is 0 Å². The molecule has 0 aliphatic heterocycles. The number of nitrogens with one attached hydrogen (secondary N) is 1. The summed E-state index contributed by atoms with van der Waals surface area (Å²) in [5.41, 5.74) is 1.21. The van der Waals surface area contributed by atoms with Crippen molar-refractivity contribution in [3.63, 3.8) is 0 Å². The number of carbonyl (C=O) groups is 1. The fourth-order valence-corrected chi connectivity index (χ4v) is 2.98. The molecule has 3 heteroatoms. The van der Waals surface area contributed by atoms with Crippen molar-refractivity contribution in [1.29, 1.82) is 0 Å². The lowest BCUT2D eigenvalue weighted by atomic mass is 9.75. The maximum atomic E-state index is 10.6. The summed E-state index contributed by atoms with van der Waals surface area (Å²) in [6.45, 7) is 11.2. The largest absolute Gasteiger partial charge is 0.372 e. The van der Waals surface area contributed by atoms with Crippen LogP contribution in [0.5, 0.6) is 0 Å². The third-order valence-corrected chi connectivity index (χ3v) is 4.51. The molecule has 1 amide bonds. The summed E-state index contributed by atoms with van der Waals surface area (Å²) in [6, 6.07) is 0. The van der Waals surface area contributed by atoms with E-state index in [0.29, 0.717) is 5.92 Å². The van der Waals surface area contributed by atoms with Gasteiger partial charge in [0.25, 0.3) is 0 Å². The lowest BCUT2D eigenvalue weighted by Gasteiger charge is -2.37. The van der Waals surface area contributed by atoms with Crippen LogP contribution >= 0.6 is 0 Å². The molecule has 0 radical (unpaired) electrons. The second-order valence-corrected chi connectivity index (χ2v) is 6.90. The smallest absolute Gasteiger partial charge is 0.207 e. The zero-order valence-corrected chi connectivity index (χ0v) is 14.2. The number of amides is 1. The van der Waals surface area contributed by atoms with Crippen LogP contribution in [0.25, 0.3) is 0 Å². The van der Waals surface area contributed by atoms with Crippen LogP contribution in [0.15, 0.2) is 23.8 Å². The molecule has 3 nitrogen and oxygen atoms in total. The van der Waals surface area contributed by atoms with Crippen LogP contribution in [0.4, 0.5) is 0 Å². The molecule has 0 heterocycles. The Morgan fingerprint density at radius 1 is 1.38 bits per heavy atom. The number of hydrogen-bond donors (Lipinski definition) is 1. The summed E-state index contributed by atoms with van der Waals surface area (Å²) >= 11 is 0. The summed E-state index contributed by atoms with van der Waals surface area (Å²) < 4.78 is 5.65. The highest BCUT2D eigenvalue weighted by Gasteiger charge is 2.30. The van der Waals surface area contributed by atoms with Gasteiger partial charge in [0.05, 0.1) is 5.60 Å². The summed E-state index contributed by atoms with van der Waals surface area (Å²) in [6.07, 6.45) is 11.7. The molecule has 0 unspecified atom stereocenters. The van der Waals surface area contributed by atoms with Crippen LogP contribution in [0, 0.1) is 5.92 Å². The van der Waals surface area contributed by atoms with Crippen LogP contribution in [-0.2, 0) is 9.53 Å². The van der Waals surface area contributed by atoms with Crippen molar-refractivity contribution in [3.8, 4) is 0 Å². The highest BCUT2D eigenvalue weighted by Crippen LogP contribution is 2.35. The van der Waals surface area contributed by atoms with Gasteiger partial charge in [-0.2, -0.15) is 0 Å². The van der Waals surface area contributed by atoms with Gasteiger partial charge in [0.15, 0.2) is 0 Å². The number of carbonyl (C=O) groups excluding carboxylic acids is 1. The maximum Gasteiger partial charge on any atom is 0.207 e. The molecule has 0 spiro atoms.